The number of hydrogen-bond acceptors (Lipinski definition) is 1. The summed E-state index contributed by atoms with van der Waals surface area (Å²) < 4.78 is 0. The van der Waals surface area contributed by atoms with Crippen molar-refractivity contribution in [2.75, 3.05) is 0 Å². The lowest BCUT2D eigenvalue weighted by Crippen LogP contribution is -2.22. The van der Waals surface area contributed by atoms with Crippen LogP contribution in [0.3, 0.4) is 0 Å². The van der Waals surface area contributed by atoms with E-state index in [1.807, 2.05) is 0 Å². The minimum atomic E-state index is -0.831. The molecule has 0 spiro atoms. The number of carboxylic acid groups (broad SMARTS) is 1. The quantitative estimate of drug-likeness (QED) is 0.849. The van der Waals surface area contributed by atoms with Crippen molar-refractivity contribution < 1.29 is 9.90 Å². The molecule has 2 nitrogen and oxygen atoms in total. The molecule has 1 N–H and O–H groups in total. The van der Waals surface area contributed by atoms with E-state index in [9.17, 15) is 9.90 Å². The van der Waals surface area contributed by atoms with Crippen molar-refractivity contribution in [3.63, 3.8) is 0 Å². The molecule has 5 heteroatoms. The summed E-state index contributed by atoms with van der Waals surface area (Å²) in [7, 11) is 0. The summed E-state index contributed by atoms with van der Waals surface area (Å²) >= 11 is 15.0. The van der Waals surface area contributed by atoms with Crippen LogP contribution in [0.2, 0.25) is 10.0 Å². The van der Waals surface area contributed by atoms with Gasteiger partial charge in [0, 0.05) is 4.83 Å². The van der Waals surface area contributed by atoms with Crippen LogP contribution in [0.4, 0.5) is 0 Å². The summed E-state index contributed by atoms with van der Waals surface area (Å²) in [5.74, 6) is -0.831. The van der Waals surface area contributed by atoms with Gasteiger partial charge in [0.2, 0.25) is 0 Å². The highest BCUT2D eigenvalue weighted by molar-refractivity contribution is 9.09. The normalized spacial score (nSPS) is 28.9. The van der Waals surface area contributed by atoms with E-state index in [0.717, 1.165) is 0 Å². The number of alkyl halides is 1. The highest BCUT2D eigenvalue weighted by atomic mass is 79.9. The molecule has 2 unspecified atom stereocenters. The van der Waals surface area contributed by atoms with Gasteiger partial charge in [-0.2, -0.15) is 0 Å². The monoisotopic (exact) mass is 308 g/mol. The van der Waals surface area contributed by atoms with Crippen LogP contribution >= 0.6 is 39.1 Å². The minimum Gasteiger partial charge on any atom is -0.481 e. The highest BCUT2D eigenvalue weighted by Gasteiger charge is 2.60. The maximum Gasteiger partial charge on any atom is 0.315 e. The van der Waals surface area contributed by atoms with Crippen molar-refractivity contribution in [1.29, 1.82) is 0 Å². The van der Waals surface area contributed by atoms with Crippen molar-refractivity contribution in [2.45, 2.75) is 16.7 Å². The van der Waals surface area contributed by atoms with Gasteiger partial charge in [-0.1, -0.05) is 45.2 Å². The van der Waals surface area contributed by atoms with E-state index in [4.69, 9.17) is 23.2 Å². The Morgan fingerprint density at radius 3 is 2.47 bits per heavy atom. The fourth-order valence-electron chi connectivity index (χ4n) is 1.64. The molecule has 1 aliphatic carbocycles. The van der Waals surface area contributed by atoms with E-state index in [2.05, 4.69) is 15.9 Å². The molecule has 1 saturated carbocycles. The number of carboxylic acids is 1. The van der Waals surface area contributed by atoms with Gasteiger partial charge in [0.1, 0.15) is 5.41 Å². The molecule has 0 heterocycles. The molecule has 2 atom stereocenters. The maximum absolute atomic E-state index is 11.2. The smallest absolute Gasteiger partial charge is 0.315 e. The molecule has 15 heavy (non-hydrogen) atoms. The first-order chi connectivity index (χ1) is 6.98. The zero-order valence-corrected chi connectivity index (χ0v) is 10.6. The summed E-state index contributed by atoms with van der Waals surface area (Å²) in [5, 5.41) is 10.0. The number of halogens is 3. The molecule has 0 amide bonds. The number of carbonyl (C=O) groups is 1. The fraction of sp³-hybridized carbons (Fsp3) is 0.300. The lowest BCUT2D eigenvalue weighted by molar-refractivity contribution is -0.139. The molecule has 0 radical (unpaired) electrons. The van der Waals surface area contributed by atoms with Crippen LogP contribution in [0.1, 0.15) is 12.0 Å². The first-order valence-electron chi connectivity index (χ1n) is 4.31. The van der Waals surface area contributed by atoms with E-state index < -0.39 is 11.4 Å². The first-order valence-corrected chi connectivity index (χ1v) is 5.98. The Morgan fingerprint density at radius 1 is 1.47 bits per heavy atom. The Bertz CT molecular complexity index is 435. The lowest BCUT2D eigenvalue weighted by Gasteiger charge is -2.11. The summed E-state index contributed by atoms with van der Waals surface area (Å²) in [6.45, 7) is 0. The van der Waals surface area contributed by atoms with Crippen LogP contribution in [0.5, 0.6) is 0 Å². The second kappa shape index (κ2) is 3.65. The largest absolute Gasteiger partial charge is 0.481 e. The third-order valence-corrected chi connectivity index (χ3v) is 4.54. The van der Waals surface area contributed by atoms with Gasteiger partial charge in [-0.15, -0.1) is 0 Å². The van der Waals surface area contributed by atoms with E-state index in [-0.39, 0.29) is 4.83 Å². The topological polar surface area (TPSA) is 37.3 Å². The van der Waals surface area contributed by atoms with Crippen LogP contribution in [-0.4, -0.2) is 15.9 Å². The molecule has 1 aliphatic rings. The second-order valence-corrected chi connectivity index (χ2v) is 5.50. The van der Waals surface area contributed by atoms with Gasteiger partial charge in [0.25, 0.3) is 0 Å². The Labute approximate surface area is 105 Å². The zero-order chi connectivity index (χ0) is 11.2. The van der Waals surface area contributed by atoms with Gasteiger partial charge in [0.05, 0.1) is 10.0 Å². The van der Waals surface area contributed by atoms with Crippen molar-refractivity contribution >= 4 is 45.1 Å². The SMILES string of the molecule is O=C(O)C1(c2ccc(Cl)c(Cl)c2)CC1Br. The molecule has 0 aromatic heterocycles. The summed E-state index contributed by atoms with van der Waals surface area (Å²) in [5.41, 5.74) is -0.125. The molecular formula is C10H7BrCl2O2. The summed E-state index contributed by atoms with van der Waals surface area (Å²) in [4.78, 5) is 11.2. The number of benzene rings is 1. The van der Waals surface area contributed by atoms with Crippen LogP contribution in [-0.2, 0) is 10.2 Å². The van der Waals surface area contributed by atoms with Crippen molar-refractivity contribution in [1.82, 2.24) is 0 Å². The Morgan fingerprint density at radius 2 is 2.07 bits per heavy atom. The van der Waals surface area contributed by atoms with Gasteiger partial charge in [-0.25, -0.2) is 0 Å². The summed E-state index contributed by atoms with van der Waals surface area (Å²) in [6.07, 6.45) is 0.584. The predicted octanol–water partition coefficient (Wildman–Crippen LogP) is 3.48. The third-order valence-electron chi connectivity index (χ3n) is 2.69. The minimum absolute atomic E-state index is 0.0280. The molecule has 80 valence electrons. The molecule has 0 aliphatic heterocycles. The zero-order valence-electron chi connectivity index (χ0n) is 7.51. The Kier molecular flexibility index (Phi) is 2.73. The predicted molar refractivity (Wildman–Crippen MR) is 63.1 cm³/mol. The fourth-order valence-corrected chi connectivity index (χ4v) is 2.91. The van der Waals surface area contributed by atoms with Gasteiger partial charge >= 0.3 is 5.97 Å². The standard InChI is InChI=1S/C10H7BrCl2O2/c11-8-4-10(8,9(14)15)5-1-2-6(12)7(13)3-5/h1-3,8H,4H2,(H,14,15). The first kappa shape index (κ1) is 11.2. The van der Waals surface area contributed by atoms with Gasteiger partial charge in [-0.3, -0.25) is 4.79 Å². The molecule has 1 fully saturated rings. The number of aliphatic carboxylic acids is 1. The van der Waals surface area contributed by atoms with Crippen LogP contribution in [0, 0.1) is 0 Å². The molecule has 0 bridgehead atoms. The average molecular weight is 310 g/mol. The van der Waals surface area contributed by atoms with Crippen molar-refractivity contribution in [3.05, 3.63) is 33.8 Å². The van der Waals surface area contributed by atoms with E-state index in [1.54, 1.807) is 18.2 Å². The number of rotatable bonds is 2. The molecule has 2 rings (SSSR count). The molecule has 1 aromatic carbocycles. The van der Waals surface area contributed by atoms with Crippen molar-refractivity contribution in [3.8, 4) is 0 Å². The van der Waals surface area contributed by atoms with Crippen molar-refractivity contribution in [2.24, 2.45) is 0 Å². The molecule has 1 aromatic rings. The van der Waals surface area contributed by atoms with E-state index in [1.165, 1.54) is 0 Å². The maximum atomic E-state index is 11.2. The Hall–Kier alpha value is -0.250. The summed E-state index contributed by atoms with van der Waals surface area (Å²) in [6, 6.07) is 4.96. The molecule has 0 saturated heterocycles. The second-order valence-electron chi connectivity index (χ2n) is 3.58. The number of hydrogen-bond donors (Lipinski definition) is 1. The highest BCUT2D eigenvalue weighted by Crippen LogP contribution is 2.54. The van der Waals surface area contributed by atoms with Crippen LogP contribution < -0.4 is 0 Å². The van der Waals surface area contributed by atoms with Gasteiger partial charge in [0.15, 0.2) is 0 Å². The molecular weight excluding hydrogens is 303 g/mol. The van der Waals surface area contributed by atoms with Gasteiger partial charge in [-0.05, 0) is 24.1 Å². The van der Waals surface area contributed by atoms with Gasteiger partial charge < -0.3 is 5.11 Å². The van der Waals surface area contributed by atoms with E-state index >= 15 is 0 Å². The Balaban J connectivity index is 2.46. The van der Waals surface area contributed by atoms with Crippen LogP contribution in [0.25, 0.3) is 0 Å². The van der Waals surface area contributed by atoms with Crippen LogP contribution in [0.15, 0.2) is 18.2 Å². The average Bonchev–Trinajstić information content (AvgIpc) is 2.84. The lowest BCUT2D eigenvalue weighted by atomic mass is 9.96. The van der Waals surface area contributed by atoms with E-state index in [0.29, 0.717) is 22.0 Å². The third kappa shape index (κ3) is 1.67.